The molecule has 0 amide bonds. The molecule has 5 rings (SSSR count). The number of anilines is 2. The molecule has 41 heavy (non-hydrogen) atoms. The van der Waals surface area contributed by atoms with Crippen molar-refractivity contribution in [3.8, 4) is 5.88 Å². The first kappa shape index (κ1) is 29.2. The quantitative estimate of drug-likeness (QED) is 0.351. The topological polar surface area (TPSA) is 156 Å². The summed E-state index contributed by atoms with van der Waals surface area (Å²) in [6.07, 6.45) is 3.94. The molecule has 1 aliphatic heterocycles. The van der Waals surface area contributed by atoms with Crippen molar-refractivity contribution in [1.29, 1.82) is 0 Å². The van der Waals surface area contributed by atoms with E-state index in [1.165, 1.54) is 0 Å². The first-order valence-electron chi connectivity index (χ1n) is 13.7. The number of aromatic nitrogens is 3. The fourth-order valence-corrected chi connectivity index (χ4v) is 6.78. The fraction of sp³-hybridized carbons (Fsp3) is 0.517. The third-order valence-electron chi connectivity index (χ3n) is 8.24. The molecule has 1 fully saturated rings. The number of carbonyl (C=O) groups excluding carboxylic acids is 1. The fourth-order valence-electron chi connectivity index (χ4n) is 5.30. The first-order chi connectivity index (χ1) is 19.3. The zero-order valence-corrected chi connectivity index (χ0v) is 25.0. The highest BCUT2D eigenvalue weighted by molar-refractivity contribution is 7.92. The lowest BCUT2D eigenvalue weighted by atomic mass is 9.84. The molecule has 2 aliphatic rings. The summed E-state index contributed by atoms with van der Waals surface area (Å²) >= 11 is 0. The van der Waals surface area contributed by atoms with Gasteiger partial charge in [-0.25, -0.2) is 28.2 Å². The van der Waals surface area contributed by atoms with Gasteiger partial charge in [-0.3, -0.25) is 0 Å². The summed E-state index contributed by atoms with van der Waals surface area (Å²) in [4.78, 5) is 26.4. The number of ether oxygens (including phenoxy) is 3. The van der Waals surface area contributed by atoms with E-state index in [0.717, 1.165) is 10.9 Å². The molecular formula is C29H37N5O6S. The summed E-state index contributed by atoms with van der Waals surface area (Å²) in [7, 11) is -1.51. The Morgan fingerprint density at radius 1 is 1.17 bits per heavy atom. The van der Waals surface area contributed by atoms with E-state index in [4.69, 9.17) is 24.9 Å². The van der Waals surface area contributed by atoms with Crippen LogP contribution in [0.1, 0.15) is 75.0 Å². The van der Waals surface area contributed by atoms with Crippen LogP contribution in [0, 0.1) is 0 Å². The van der Waals surface area contributed by atoms with Crippen LogP contribution in [0.5, 0.6) is 5.88 Å². The number of esters is 1. The molecule has 2 atom stereocenters. The first-order valence-corrected chi connectivity index (χ1v) is 15.4. The summed E-state index contributed by atoms with van der Waals surface area (Å²) < 4.78 is 41.5. The van der Waals surface area contributed by atoms with Gasteiger partial charge in [0.05, 0.1) is 34.0 Å². The minimum atomic E-state index is -3.10. The number of hydrogen-bond acceptors (Lipinski definition) is 11. The number of pyridine rings is 3. The van der Waals surface area contributed by atoms with E-state index in [1.54, 1.807) is 38.6 Å². The van der Waals surface area contributed by atoms with E-state index in [2.05, 4.69) is 15.3 Å². The van der Waals surface area contributed by atoms with E-state index in [9.17, 15) is 13.2 Å². The van der Waals surface area contributed by atoms with Crippen molar-refractivity contribution in [2.45, 2.75) is 75.9 Å². The molecule has 4 heterocycles. The Bertz CT molecular complexity index is 1600. The molecule has 1 aliphatic carbocycles. The summed E-state index contributed by atoms with van der Waals surface area (Å²) in [5, 5.41) is 4.29. The van der Waals surface area contributed by atoms with E-state index >= 15 is 0 Å². The van der Waals surface area contributed by atoms with Gasteiger partial charge in [0.25, 0.3) is 0 Å². The number of sulfone groups is 1. The normalized spacial score (nSPS) is 23.2. The van der Waals surface area contributed by atoms with Crippen molar-refractivity contribution in [3.63, 3.8) is 0 Å². The van der Waals surface area contributed by atoms with Crippen LogP contribution in [-0.2, 0) is 24.8 Å². The van der Waals surface area contributed by atoms with Gasteiger partial charge in [0, 0.05) is 49.6 Å². The van der Waals surface area contributed by atoms with Crippen molar-refractivity contribution in [2.75, 3.05) is 24.8 Å². The van der Waals surface area contributed by atoms with Crippen LogP contribution in [0.25, 0.3) is 10.8 Å². The van der Waals surface area contributed by atoms with Crippen molar-refractivity contribution in [1.82, 2.24) is 15.0 Å². The van der Waals surface area contributed by atoms with E-state index in [0.29, 0.717) is 47.0 Å². The number of fused-ring (bicyclic) bond motifs is 2. The van der Waals surface area contributed by atoms with Gasteiger partial charge in [0.15, 0.2) is 9.84 Å². The van der Waals surface area contributed by atoms with Crippen LogP contribution in [-0.4, -0.2) is 65.8 Å². The number of nitrogens with zero attached hydrogens (tertiary/aromatic N) is 3. The molecule has 0 radical (unpaired) electrons. The van der Waals surface area contributed by atoms with Gasteiger partial charge in [-0.15, -0.1) is 0 Å². The number of cyclic esters (lactones) is 1. The average molecular weight is 584 g/mol. The molecule has 0 saturated heterocycles. The molecule has 12 heteroatoms. The molecule has 0 bridgehead atoms. The zero-order valence-electron chi connectivity index (χ0n) is 24.2. The van der Waals surface area contributed by atoms with Gasteiger partial charge in [-0.1, -0.05) is 13.8 Å². The maximum Gasteiger partial charge on any atom is 0.340 e. The van der Waals surface area contributed by atoms with Crippen molar-refractivity contribution >= 4 is 38.2 Å². The molecule has 1 saturated carbocycles. The maximum absolute atomic E-state index is 12.5. The minimum absolute atomic E-state index is 0.107. The van der Waals surface area contributed by atoms with Crippen LogP contribution in [0.2, 0.25) is 0 Å². The molecule has 0 spiro atoms. The standard InChI is InChI=1S/C29H37N5O6S/c1-7-41(36,37)18-10-17(11-18)39-26-21-13-31-24(12-20(21)22(14-32-26)29(5,30)15-38-6)33-23-9-8-19-25(34-23)16(2)28(3,4)40-27(19)35/h8-9,12-14,16-18H,7,10-11,15,30H2,1-6H3,(H,31,33,34)/t16-,17?,18?,29?/m1/s1. The van der Waals surface area contributed by atoms with Crippen LogP contribution in [0.3, 0.4) is 0 Å². The summed E-state index contributed by atoms with van der Waals surface area (Å²) in [5.74, 6) is 1.04. The number of rotatable bonds is 9. The highest BCUT2D eigenvalue weighted by Gasteiger charge is 2.41. The summed E-state index contributed by atoms with van der Waals surface area (Å²) in [6, 6.07) is 5.28. The lowest BCUT2D eigenvalue weighted by molar-refractivity contribution is -0.0189. The summed E-state index contributed by atoms with van der Waals surface area (Å²) in [6.45, 7) is 9.50. The van der Waals surface area contributed by atoms with Gasteiger partial charge < -0.3 is 25.3 Å². The highest BCUT2D eigenvalue weighted by atomic mass is 32.2. The predicted octanol–water partition coefficient (Wildman–Crippen LogP) is 3.99. The second-order valence-corrected chi connectivity index (χ2v) is 14.3. The number of methoxy groups -OCH3 is 1. The van der Waals surface area contributed by atoms with Crippen LogP contribution in [0.4, 0.5) is 11.6 Å². The molecule has 0 aromatic carbocycles. The maximum atomic E-state index is 12.5. The Kier molecular flexibility index (Phi) is 7.46. The lowest BCUT2D eigenvalue weighted by Gasteiger charge is -2.36. The molecule has 3 aromatic rings. The Hall–Kier alpha value is -3.35. The second kappa shape index (κ2) is 10.5. The number of carbonyl (C=O) groups is 1. The summed E-state index contributed by atoms with van der Waals surface area (Å²) in [5.41, 5.74) is 6.96. The van der Waals surface area contributed by atoms with Gasteiger partial charge in [-0.05, 0) is 44.4 Å². The molecule has 3 aromatic heterocycles. The van der Waals surface area contributed by atoms with Crippen molar-refractivity contribution < 1.29 is 27.4 Å². The lowest BCUT2D eigenvalue weighted by Crippen LogP contribution is -2.43. The molecule has 1 unspecified atom stereocenters. The third-order valence-corrected chi connectivity index (χ3v) is 10.4. The Balaban J connectivity index is 1.48. The molecule has 11 nitrogen and oxygen atoms in total. The monoisotopic (exact) mass is 583 g/mol. The third kappa shape index (κ3) is 5.47. The van der Waals surface area contributed by atoms with Gasteiger partial charge in [-0.2, -0.15) is 0 Å². The van der Waals surface area contributed by atoms with Crippen LogP contribution < -0.4 is 15.8 Å². The van der Waals surface area contributed by atoms with E-state index in [1.807, 2.05) is 33.8 Å². The number of nitrogens with one attached hydrogen (secondary N) is 1. The molecular weight excluding hydrogens is 546 g/mol. The second-order valence-electron chi connectivity index (χ2n) is 11.7. The van der Waals surface area contributed by atoms with E-state index in [-0.39, 0.29) is 35.6 Å². The largest absolute Gasteiger partial charge is 0.474 e. The Labute approximate surface area is 240 Å². The van der Waals surface area contributed by atoms with E-state index < -0.39 is 21.0 Å². The van der Waals surface area contributed by atoms with Crippen LogP contribution in [0.15, 0.2) is 30.6 Å². The number of nitrogens with two attached hydrogens (primary N) is 1. The Morgan fingerprint density at radius 3 is 2.59 bits per heavy atom. The van der Waals surface area contributed by atoms with Crippen molar-refractivity contribution in [2.24, 2.45) is 5.73 Å². The number of hydrogen-bond donors (Lipinski definition) is 2. The smallest absolute Gasteiger partial charge is 0.340 e. The zero-order chi connectivity index (χ0) is 29.7. The molecule has 220 valence electrons. The minimum Gasteiger partial charge on any atom is -0.474 e. The highest BCUT2D eigenvalue weighted by Crippen LogP contribution is 2.39. The Morgan fingerprint density at radius 2 is 1.90 bits per heavy atom. The van der Waals surface area contributed by atoms with Gasteiger partial charge in [0.2, 0.25) is 5.88 Å². The average Bonchev–Trinajstić information content (AvgIpc) is 2.88. The predicted molar refractivity (Wildman–Crippen MR) is 155 cm³/mol. The van der Waals surface area contributed by atoms with Gasteiger partial charge in [0.1, 0.15) is 23.3 Å². The van der Waals surface area contributed by atoms with Gasteiger partial charge >= 0.3 is 5.97 Å². The van der Waals surface area contributed by atoms with Crippen LogP contribution >= 0.6 is 0 Å². The van der Waals surface area contributed by atoms with Crippen molar-refractivity contribution in [3.05, 3.63) is 47.4 Å². The SMILES string of the molecule is CCS(=O)(=O)C1CC(Oc2ncc(C(C)(N)COC)c3cc(Nc4ccc5c(n4)[C@@H](C)C(C)(C)OC5=O)ncc23)C1. The molecule has 3 N–H and O–H groups in total.